The number of halogens is 2. The van der Waals surface area contributed by atoms with Crippen LogP contribution in [0.25, 0.3) is 0 Å². The van der Waals surface area contributed by atoms with Crippen LogP contribution in [-0.2, 0) is 16.0 Å². The third-order valence-corrected chi connectivity index (χ3v) is 3.70. The summed E-state index contributed by atoms with van der Waals surface area (Å²) in [6, 6.07) is 2.48. The van der Waals surface area contributed by atoms with Gasteiger partial charge in [-0.3, -0.25) is 4.79 Å². The van der Waals surface area contributed by atoms with Crippen LogP contribution in [0, 0.1) is 11.6 Å². The smallest absolute Gasteiger partial charge is 0.326 e. The van der Waals surface area contributed by atoms with Gasteiger partial charge in [-0.25, -0.2) is 13.6 Å². The average Bonchev–Trinajstić information content (AvgIpc) is 2.92. The molecule has 6 heteroatoms. The molecule has 1 atom stereocenters. The predicted octanol–water partition coefficient (Wildman–Crippen LogP) is 2.36. The lowest BCUT2D eigenvalue weighted by Crippen LogP contribution is -2.40. The number of nitrogens with zero attached hydrogens (tertiary/aromatic N) is 1. The highest BCUT2D eigenvalue weighted by Gasteiger charge is 2.33. The highest BCUT2D eigenvalue weighted by atomic mass is 19.1. The molecule has 1 aliphatic rings. The van der Waals surface area contributed by atoms with Crippen molar-refractivity contribution in [3.63, 3.8) is 0 Å². The molecule has 1 aliphatic heterocycles. The van der Waals surface area contributed by atoms with E-state index in [-0.39, 0.29) is 24.3 Å². The summed E-state index contributed by atoms with van der Waals surface area (Å²) < 4.78 is 26.4. The first-order valence-electron chi connectivity index (χ1n) is 6.95. The van der Waals surface area contributed by atoms with Gasteiger partial charge in [-0.05, 0) is 49.4 Å². The second-order valence-corrected chi connectivity index (χ2v) is 5.17. The summed E-state index contributed by atoms with van der Waals surface area (Å²) in [6.45, 7) is 0.449. The van der Waals surface area contributed by atoms with E-state index in [1.165, 1.54) is 4.90 Å². The van der Waals surface area contributed by atoms with Crippen LogP contribution in [0.1, 0.15) is 31.2 Å². The van der Waals surface area contributed by atoms with Crippen LogP contribution in [0.4, 0.5) is 8.78 Å². The second kappa shape index (κ2) is 6.65. The zero-order valence-electron chi connectivity index (χ0n) is 11.5. The zero-order valence-corrected chi connectivity index (χ0v) is 11.5. The summed E-state index contributed by atoms with van der Waals surface area (Å²) in [6.07, 6.45) is 1.91. The van der Waals surface area contributed by atoms with Crippen LogP contribution in [0.15, 0.2) is 18.2 Å². The third-order valence-electron chi connectivity index (χ3n) is 3.70. The number of carboxylic acid groups (broad SMARTS) is 1. The molecule has 0 spiro atoms. The first-order valence-corrected chi connectivity index (χ1v) is 6.95. The van der Waals surface area contributed by atoms with Crippen LogP contribution in [0.5, 0.6) is 0 Å². The molecule has 1 saturated heterocycles. The number of carboxylic acids is 1. The van der Waals surface area contributed by atoms with E-state index in [1.807, 2.05) is 0 Å². The minimum atomic E-state index is -0.989. The van der Waals surface area contributed by atoms with Crippen molar-refractivity contribution in [3.05, 3.63) is 35.4 Å². The number of benzene rings is 1. The van der Waals surface area contributed by atoms with Gasteiger partial charge >= 0.3 is 5.97 Å². The number of aryl methyl sites for hydroxylation is 1. The van der Waals surface area contributed by atoms with Gasteiger partial charge in [0.2, 0.25) is 5.91 Å². The molecule has 0 saturated carbocycles. The Morgan fingerprint density at radius 2 is 2.10 bits per heavy atom. The monoisotopic (exact) mass is 297 g/mol. The summed E-state index contributed by atoms with van der Waals surface area (Å²) in [4.78, 5) is 24.4. The van der Waals surface area contributed by atoms with Gasteiger partial charge in [0.25, 0.3) is 0 Å². The number of likely N-dealkylation sites (tertiary alicyclic amines) is 1. The topological polar surface area (TPSA) is 57.6 Å². The van der Waals surface area contributed by atoms with Gasteiger partial charge in [0.15, 0.2) is 0 Å². The first kappa shape index (κ1) is 15.4. The fourth-order valence-electron chi connectivity index (χ4n) is 2.63. The van der Waals surface area contributed by atoms with E-state index in [4.69, 9.17) is 5.11 Å². The van der Waals surface area contributed by atoms with E-state index >= 15 is 0 Å². The Balaban J connectivity index is 1.87. The van der Waals surface area contributed by atoms with E-state index in [0.717, 1.165) is 18.2 Å². The van der Waals surface area contributed by atoms with Gasteiger partial charge in [0.1, 0.15) is 17.7 Å². The van der Waals surface area contributed by atoms with Crippen molar-refractivity contribution in [1.29, 1.82) is 0 Å². The Bertz CT molecular complexity index is 548. The van der Waals surface area contributed by atoms with Crippen molar-refractivity contribution < 1.29 is 23.5 Å². The minimum absolute atomic E-state index is 0.139. The maximum Gasteiger partial charge on any atom is 0.326 e. The third kappa shape index (κ3) is 3.77. The summed E-state index contributed by atoms with van der Waals surface area (Å²) in [7, 11) is 0. The number of carbonyl (C=O) groups excluding carboxylic acids is 1. The normalized spacial score (nSPS) is 18.0. The lowest BCUT2D eigenvalue weighted by atomic mass is 10.1. The first-order chi connectivity index (χ1) is 9.99. The van der Waals surface area contributed by atoms with Gasteiger partial charge in [-0.15, -0.1) is 0 Å². The Kier molecular flexibility index (Phi) is 4.88. The van der Waals surface area contributed by atoms with Gasteiger partial charge < -0.3 is 10.0 Å². The van der Waals surface area contributed by atoms with Crippen molar-refractivity contribution >= 4 is 11.9 Å². The van der Waals surface area contributed by atoms with Crippen LogP contribution in [0.3, 0.4) is 0 Å². The van der Waals surface area contributed by atoms with E-state index in [9.17, 15) is 18.4 Å². The molecule has 2 rings (SSSR count). The summed E-state index contributed by atoms with van der Waals surface area (Å²) >= 11 is 0. The molecule has 114 valence electrons. The predicted molar refractivity (Wildman–Crippen MR) is 71.7 cm³/mol. The number of aliphatic carboxylic acids is 1. The SMILES string of the molecule is O=C(O)C1CCCN1C(=O)CCCc1cc(F)ccc1F. The Morgan fingerprint density at radius 3 is 2.81 bits per heavy atom. The van der Waals surface area contributed by atoms with Crippen molar-refractivity contribution in [2.45, 2.75) is 38.1 Å². The Labute approximate surface area is 121 Å². The maximum atomic E-state index is 13.4. The minimum Gasteiger partial charge on any atom is -0.480 e. The molecule has 0 aliphatic carbocycles. The fraction of sp³-hybridized carbons (Fsp3) is 0.467. The van der Waals surface area contributed by atoms with Crippen LogP contribution >= 0.6 is 0 Å². The Morgan fingerprint density at radius 1 is 1.33 bits per heavy atom. The maximum absolute atomic E-state index is 13.4. The van der Waals surface area contributed by atoms with Gasteiger partial charge in [-0.1, -0.05) is 0 Å². The van der Waals surface area contributed by atoms with Crippen molar-refractivity contribution in [3.8, 4) is 0 Å². The lowest BCUT2D eigenvalue weighted by molar-refractivity contribution is -0.148. The van der Waals surface area contributed by atoms with Gasteiger partial charge in [0.05, 0.1) is 0 Å². The number of rotatable bonds is 5. The molecule has 1 N–H and O–H groups in total. The van der Waals surface area contributed by atoms with E-state index in [0.29, 0.717) is 25.8 Å². The van der Waals surface area contributed by atoms with Crippen molar-refractivity contribution in [2.24, 2.45) is 0 Å². The van der Waals surface area contributed by atoms with Crippen molar-refractivity contribution in [1.82, 2.24) is 4.90 Å². The molecule has 1 aromatic rings. The molecule has 0 radical (unpaired) electrons. The van der Waals surface area contributed by atoms with Gasteiger partial charge in [-0.2, -0.15) is 0 Å². The molecule has 1 amide bonds. The summed E-state index contributed by atoms with van der Waals surface area (Å²) in [5, 5.41) is 9.02. The largest absolute Gasteiger partial charge is 0.480 e. The lowest BCUT2D eigenvalue weighted by Gasteiger charge is -2.21. The molecule has 21 heavy (non-hydrogen) atoms. The van der Waals surface area contributed by atoms with Crippen LogP contribution < -0.4 is 0 Å². The molecule has 1 heterocycles. The van der Waals surface area contributed by atoms with Gasteiger partial charge in [0, 0.05) is 13.0 Å². The summed E-state index contributed by atoms with van der Waals surface area (Å²) in [5.41, 5.74) is 0.235. The van der Waals surface area contributed by atoms with Crippen molar-refractivity contribution in [2.75, 3.05) is 6.54 Å². The zero-order chi connectivity index (χ0) is 15.4. The standard InChI is InChI=1S/C15H17F2NO3/c16-11-6-7-12(17)10(9-11)3-1-5-14(19)18-8-2-4-13(18)15(20)21/h6-7,9,13H,1-5,8H2,(H,20,21). The van der Waals surface area contributed by atoms with E-state index in [1.54, 1.807) is 0 Å². The highest BCUT2D eigenvalue weighted by molar-refractivity contribution is 5.84. The summed E-state index contributed by atoms with van der Waals surface area (Å²) in [5.74, 6) is -2.23. The highest BCUT2D eigenvalue weighted by Crippen LogP contribution is 2.20. The fourth-order valence-corrected chi connectivity index (χ4v) is 2.63. The molecule has 0 aromatic heterocycles. The Hall–Kier alpha value is -1.98. The van der Waals surface area contributed by atoms with E-state index < -0.39 is 23.6 Å². The number of amides is 1. The molecule has 0 bridgehead atoms. The number of hydrogen-bond donors (Lipinski definition) is 1. The average molecular weight is 297 g/mol. The second-order valence-electron chi connectivity index (χ2n) is 5.17. The molecule has 1 aromatic carbocycles. The molecule has 1 fully saturated rings. The molecule has 4 nitrogen and oxygen atoms in total. The number of carbonyl (C=O) groups is 2. The quantitative estimate of drug-likeness (QED) is 0.907. The van der Waals surface area contributed by atoms with Crippen LogP contribution in [0.2, 0.25) is 0 Å². The number of hydrogen-bond acceptors (Lipinski definition) is 2. The van der Waals surface area contributed by atoms with E-state index in [2.05, 4.69) is 0 Å². The molecule has 1 unspecified atom stereocenters. The molecular formula is C15H17F2NO3. The van der Waals surface area contributed by atoms with Crippen LogP contribution in [-0.4, -0.2) is 34.5 Å². The molecular weight excluding hydrogens is 280 g/mol.